The molecule has 0 bridgehead atoms. The molecule has 1 N–H and O–H groups in total. The van der Waals surface area contributed by atoms with E-state index < -0.39 is 47.7 Å². The molecule has 8 nitrogen and oxygen atoms in total. The lowest BCUT2D eigenvalue weighted by Crippen LogP contribution is -2.49. The number of hydrogen-bond acceptors (Lipinski definition) is 6. The van der Waals surface area contributed by atoms with E-state index in [4.69, 9.17) is 14.5 Å². The predicted octanol–water partition coefficient (Wildman–Crippen LogP) is 4.68. The summed E-state index contributed by atoms with van der Waals surface area (Å²) in [6, 6.07) is 12.1. The number of carbonyl (C=O) groups excluding carboxylic acids is 2. The highest BCUT2D eigenvalue weighted by atomic mass is 19.1. The molecule has 2 saturated heterocycles. The second-order valence-corrected chi connectivity index (χ2v) is 11.3. The van der Waals surface area contributed by atoms with Crippen molar-refractivity contribution in [1.29, 1.82) is 0 Å². The number of rotatable bonds is 10. The van der Waals surface area contributed by atoms with Gasteiger partial charge in [0.2, 0.25) is 0 Å². The minimum absolute atomic E-state index is 0.00578. The number of nitrogens with one attached hydrogen (secondary N) is 1. The summed E-state index contributed by atoms with van der Waals surface area (Å²) in [5.74, 6) is -2.49. The zero-order valence-electron chi connectivity index (χ0n) is 24.3. The van der Waals surface area contributed by atoms with Crippen molar-refractivity contribution in [3.05, 3.63) is 77.8 Å². The first kappa shape index (κ1) is 30.7. The van der Waals surface area contributed by atoms with Crippen molar-refractivity contribution in [2.75, 3.05) is 32.8 Å². The second-order valence-electron chi connectivity index (χ2n) is 11.3. The van der Waals surface area contributed by atoms with Crippen molar-refractivity contribution in [2.24, 2.45) is 11.8 Å². The topological polar surface area (TPSA) is 85.7 Å². The molecular formula is C32H37F3N4O4. The van der Waals surface area contributed by atoms with Gasteiger partial charge in [-0.15, -0.1) is 0 Å². The number of imidazole rings is 1. The predicted molar refractivity (Wildman–Crippen MR) is 154 cm³/mol. The molecule has 3 aromatic rings. The summed E-state index contributed by atoms with van der Waals surface area (Å²) in [6.07, 6.45) is 0.570. The Kier molecular flexibility index (Phi) is 9.82. The van der Waals surface area contributed by atoms with Gasteiger partial charge < -0.3 is 24.3 Å². The summed E-state index contributed by atoms with van der Waals surface area (Å²) in [7, 11) is 0. The third-order valence-electron chi connectivity index (χ3n) is 8.18. The van der Waals surface area contributed by atoms with Crippen molar-refractivity contribution in [1.82, 2.24) is 19.8 Å². The maximum absolute atomic E-state index is 15.0. The minimum Gasteiger partial charge on any atom is -0.453 e. The smallest absolute Gasteiger partial charge is 0.303 e. The minimum atomic E-state index is -1.17. The number of nitrogens with zero attached hydrogens (tertiary/aromatic N) is 3. The molecule has 0 saturated carbocycles. The Labute approximate surface area is 249 Å². The van der Waals surface area contributed by atoms with Gasteiger partial charge in [0.15, 0.2) is 6.10 Å². The molecule has 2 aliphatic heterocycles. The first-order chi connectivity index (χ1) is 20.7. The van der Waals surface area contributed by atoms with Crippen molar-refractivity contribution in [2.45, 2.75) is 51.6 Å². The summed E-state index contributed by atoms with van der Waals surface area (Å²) in [4.78, 5) is 32.4. The van der Waals surface area contributed by atoms with Crippen molar-refractivity contribution >= 4 is 11.9 Å². The Bertz CT molecular complexity index is 1410. The zero-order chi connectivity index (χ0) is 30.5. The zero-order valence-corrected chi connectivity index (χ0v) is 24.3. The summed E-state index contributed by atoms with van der Waals surface area (Å²) < 4.78 is 57.1. The molecule has 2 fully saturated rings. The van der Waals surface area contributed by atoms with Gasteiger partial charge in [-0.3, -0.25) is 9.59 Å². The van der Waals surface area contributed by atoms with E-state index in [1.165, 1.54) is 13.8 Å². The largest absolute Gasteiger partial charge is 0.453 e. The second kappa shape index (κ2) is 13.7. The molecule has 1 aromatic heterocycles. The van der Waals surface area contributed by atoms with Gasteiger partial charge in [-0.25, -0.2) is 18.2 Å². The molecule has 0 aliphatic carbocycles. The highest BCUT2D eigenvalue weighted by Crippen LogP contribution is 2.38. The van der Waals surface area contributed by atoms with E-state index in [1.807, 2.05) is 34.9 Å². The Morgan fingerprint density at radius 2 is 1.88 bits per heavy atom. The van der Waals surface area contributed by atoms with Crippen LogP contribution in [0.1, 0.15) is 44.1 Å². The number of amides is 1. The fourth-order valence-corrected chi connectivity index (χ4v) is 6.04. The number of esters is 1. The average Bonchev–Trinajstić information content (AvgIpc) is 3.59. The van der Waals surface area contributed by atoms with Crippen LogP contribution < -0.4 is 5.32 Å². The fourth-order valence-electron chi connectivity index (χ4n) is 6.04. The standard InChI is InChI=1S/C32H37F3N4O4/c1-20(43-21(2)40)32(41)39(18-24-15-36-16-28(24)35)30(23-10-12-42-13-11-23)31-37-29(26-14-25(33)8-9-27(26)34)19-38(31)17-22-6-4-3-5-7-22/h3-9,14,19-20,23-24,28,30,36H,10-13,15-18H2,1-2H3/t20-,24-,28-,30+/m0/s1. The summed E-state index contributed by atoms with van der Waals surface area (Å²) in [5.41, 5.74) is 1.15. The van der Waals surface area contributed by atoms with Crippen LogP contribution in [0.15, 0.2) is 54.7 Å². The van der Waals surface area contributed by atoms with E-state index in [2.05, 4.69) is 5.32 Å². The van der Waals surface area contributed by atoms with Crippen LogP contribution in [-0.4, -0.2) is 71.5 Å². The first-order valence-corrected chi connectivity index (χ1v) is 14.7. The number of alkyl halides is 1. The number of benzene rings is 2. The highest BCUT2D eigenvalue weighted by molar-refractivity contribution is 5.83. The molecule has 43 heavy (non-hydrogen) atoms. The van der Waals surface area contributed by atoms with Gasteiger partial charge in [0.1, 0.15) is 23.6 Å². The monoisotopic (exact) mass is 598 g/mol. The van der Waals surface area contributed by atoms with Gasteiger partial charge in [0.25, 0.3) is 5.91 Å². The van der Waals surface area contributed by atoms with Gasteiger partial charge in [-0.05, 0) is 49.4 Å². The molecule has 1 amide bonds. The van der Waals surface area contributed by atoms with E-state index in [9.17, 15) is 14.0 Å². The average molecular weight is 599 g/mol. The quantitative estimate of drug-likeness (QED) is 0.341. The van der Waals surface area contributed by atoms with Crippen LogP contribution in [0.5, 0.6) is 0 Å². The van der Waals surface area contributed by atoms with Crippen molar-refractivity contribution < 1.29 is 32.2 Å². The van der Waals surface area contributed by atoms with Crippen LogP contribution in [0, 0.1) is 23.5 Å². The van der Waals surface area contributed by atoms with Crippen LogP contribution in [0.4, 0.5) is 13.2 Å². The highest BCUT2D eigenvalue weighted by Gasteiger charge is 2.41. The Morgan fingerprint density at radius 1 is 1.14 bits per heavy atom. The Balaban J connectivity index is 1.66. The molecule has 11 heteroatoms. The third kappa shape index (κ3) is 7.27. The summed E-state index contributed by atoms with van der Waals surface area (Å²) in [5, 5.41) is 3.05. The Hall–Kier alpha value is -3.70. The number of halogens is 3. The number of aromatic nitrogens is 2. The lowest BCUT2D eigenvalue weighted by molar-refractivity contribution is -0.160. The molecule has 5 rings (SSSR count). The van der Waals surface area contributed by atoms with Gasteiger partial charge in [-0.2, -0.15) is 0 Å². The number of carbonyl (C=O) groups is 2. The van der Waals surface area contributed by atoms with Crippen LogP contribution in [0.25, 0.3) is 11.3 Å². The van der Waals surface area contributed by atoms with Gasteiger partial charge in [0, 0.05) is 64.0 Å². The van der Waals surface area contributed by atoms with Gasteiger partial charge in [0.05, 0.1) is 11.7 Å². The molecule has 0 spiro atoms. The number of ether oxygens (including phenoxy) is 2. The van der Waals surface area contributed by atoms with E-state index in [0.29, 0.717) is 45.0 Å². The molecule has 4 atom stereocenters. The SMILES string of the molecule is CC(=O)O[C@@H](C)C(=O)N(C[C@@H]1CNC[C@@H]1F)[C@@H](c1nc(-c2cc(F)ccc2F)cn1Cc1ccccc1)C1CCOCC1. The first-order valence-electron chi connectivity index (χ1n) is 14.7. The van der Waals surface area contributed by atoms with E-state index in [1.54, 1.807) is 11.1 Å². The lowest BCUT2D eigenvalue weighted by atomic mass is 9.88. The molecule has 3 heterocycles. The molecule has 0 radical (unpaired) electrons. The maximum atomic E-state index is 15.0. The van der Waals surface area contributed by atoms with E-state index in [0.717, 1.165) is 23.8 Å². The lowest BCUT2D eigenvalue weighted by Gasteiger charge is -2.40. The summed E-state index contributed by atoms with van der Waals surface area (Å²) in [6.45, 7) is 4.62. The Morgan fingerprint density at radius 3 is 2.56 bits per heavy atom. The number of hydrogen-bond donors (Lipinski definition) is 1. The van der Waals surface area contributed by atoms with Gasteiger partial charge >= 0.3 is 5.97 Å². The molecule has 230 valence electrons. The molecule has 0 unspecified atom stereocenters. The van der Waals surface area contributed by atoms with E-state index >= 15 is 8.78 Å². The summed E-state index contributed by atoms with van der Waals surface area (Å²) >= 11 is 0. The van der Waals surface area contributed by atoms with Crippen LogP contribution in [0.3, 0.4) is 0 Å². The molecule has 2 aromatic carbocycles. The van der Waals surface area contributed by atoms with Gasteiger partial charge in [-0.1, -0.05) is 30.3 Å². The third-order valence-corrected chi connectivity index (χ3v) is 8.18. The fraction of sp³-hybridized carbons (Fsp3) is 0.469. The maximum Gasteiger partial charge on any atom is 0.303 e. The van der Waals surface area contributed by atoms with Crippen LogP contribution >= 0.6 is 0 Å². The van der Waals surface area contributed by atoms with Crippen molar-refractivity contribution in [3.63, 3.8) is 0 Å². The van der Waals surface area contributed by atoms with Crippen LogP contribution in [0.2, 0.25) is 0 Å². The normalized spacial score (nSPS) is 20.5. The molecule has 2 aliphatic rings. The van der Waals surface area contributed by atoms with Crippen molar-refractivity contribution in [3.8, 4) is 11.3 Å². The van der Waals surface area contributed by atoms with Crippen LogP contribution in [-0.2, 0) is 25.6 Å². The van der Waals surface area contributed by atoms with E-state index in [-0.39, 0.29) is 30.3 Å². The molecular weight excluding hydrogens is 561 g/mol.